The number of carbonyl (C=O) groups is 1. The van der Waals surface area contributed by atoms with Crippen LogP contribution in [0.2, 0.25) is 0 Å². The second kappa shape index (κ2) is 6.93. The predicted molar refractivity (Wildman–Crippen MR) is 92.2 cm³/mol. The molecule has 1 saturated heterocycles. The van der Waals surface area contributed by atoms with E-state index in [1.54, 1.807) is 0 Å². The van der Waals surface area contributed by atoms with Crippen molar-refractivity contribution < 1.29 is 17.6 Å². The Morgan fingerprint density at radius 3 is 2.64 bits per heavy atom. The summed E-state index contributed by atoms with van der Waals surface area (Å²) in [6.45, 7) is 2.65. The molecule has 2 aromatic rings. The van der Waals surface area contributed by atoms with Crippen molar-refractivity contribution in [1.29, 1.82) is 0 Å². The van der Waals surface area contributed by atoms with Crippen LogP contribution in [0.3, 0.4) is 0 Å². The first-order valence-corrected chi connectivity index (χ1v) is 9.84. The summed E-state index contributed by atoms with van der Waals surface area (Å²) < 4.78 is 29.9. The highest BCUT2D eigenvalue weighted by atomic mass is 32.2. The van der Waals surface area contributed by atoms with E-state index in [1.807, 2.05) is 31.2 Å². The van der Waals surface area contributed by atoms with Gasteiger partial charge in [0.1, 0.15) is 0 Å². The first-order valence-electron chi connectivity index (χ1n) is 7.99. The van der Waals surface area contributed by atoms with Gasteiger partial charge in [0.2, 0.25) is 21.8 Å². The van der Waals surface area contributed by atoms with Crippen LogP contribution in [-0.2, 0) is 14.8 Å². The van der Waals surface area contributed by atoms with Crippen LogP contribution in [0.15, 0.2) is 28.7 Å². The van der Waals surface area contributed by atoms with Crippen molar-refractivity contribution in [1.82, 2.24) is 14.5 Å². The summed E-state index contributed by atoms with van der Waals surface area (Å²) in [5.41, 5.74) is 1.85. The van der Waals surface area contributed by atoms with Crippen molar-refractivity contribution in [2.45, 2.75) is 19.8 Å². The number of aryl methyl sites for hydroxylation is 1. The van der Waals surface area contributed by atoms with E-state index in [1.165, 1.54) is 10.6 Å². The molecule has 1 aromatic carbocycles. The van der Waals surface area contributed by atoms with Gasteiger partial charge in [0, 0.05) is 24.6 Å². The lowest BCUT2D eigenvalue weighted by Crippen LogP contribution is -2.40. The van der Waals surface area contributed by atoms with Crippen LogP contribution in [0.5, 0.6) is 0 Å². The van der Waals surface area contributed by atoms with Gasteiger partial charge >= 0.3 is 6.01 Å². The molecule has 0 radical (unpaired) electrons. The van der Waals surface area contributed by atoms with Crippen LogP contribution < -0.4 is 5.32 Å². The number of sulfonamides is 1. The zero-order valence-corrected chi connectivity index (χ0v) is 14.9. The summed E-state index contributed by atoms with van der Waals surface area (Å²) in [7, 11) is -3.20. The van der Waals surface area contributed by atoms with Crippen molar-refractivity contribution in [2.75, 3.05) is 24.7 Å². The van der Waals surface area contributed by atoms with Gasteiger partial charge < -0.3 is 4.42 Å². The summed E-state index contributed by atoms with van der Waals surface area (Å²) in [4.78, 5) is 12.3. The van der Waals surface area contributed by atoms with Crippen LogP contribution in [0.1, 0.15) is 18.4 Å². The second-order valence-corrected chi connectivity index (χ2v) is 8.19. The molecule has 0 saturated carbocycles. The first-order chi connectivity index (χ1) is 11.8. The minimum atomic E-state index is -3.20. The van der Waals surface area contributed by atoms with E-state index >= 15 is 0 Å². The number of amides is 1. The SMILES string of the molecule is Cc1cccc(-c2nnc(NC(=O)C3CCN(S(C)(=O)=O)CC3)o2)c1. The monoisotopic (exact) mass is 364 g/mol. The highest BCUT2D eigenvalue weighted by molar-refractivity contribution is 7.88. The van der Waals surface area contributed by atoms with Gasteiger partial charge in [-0.15, -0.1) is 5.10 Å². The van der Waals surface area contributed by atoms with Gasteiger partial charge in [-0.25, -0.2) is 12.7 Å². The largest absolute Gasteiger partial charge is 0.403 e. The van der Waals surface area contributed by atoms with E-state index in [4.69, 9.17) is 4.42 Å². The third-order valence-electron chi connectivity index (χ3n) is 4.21. The molecule has 1 aliphatic rings. The van der Waals surface area contributed by atoms with Crippen molar-refractivity contribution in [3.8, 4) is 11.5 Å². The normalized spacial score (nSPS) is 16.7. The Morgan fingerprint density at radius 2 is 2.00 bits per heavy atom. The highest BCUT2D eigenvalue weighted by Gasteiger charge is 2.29. The maximum absolute atomic E-state index is 12.3. The molecule has 0 atom stereocenters. The molecule has 1 aliphatic heterocycles. The van der Waals surface area contributed by atoms with E-state index in [0.29, 0.717) is 31.8 Å². The molecule has 134 valence electrons. The number of piperidine rings is 1. The number of carbonyl (C=O) groups excluding carboxylic acids is 1. The summed E-state index contributed by atoms with van der Waals surface area (Å²) in [6, 6.07) is 7.67. The summed E-state index contributed by atoms with van der Waals surface area (Å²) in [5, 5.41) is 10.4. The average Bonchev–Trinajstić information content (AvgIpc) is 3.03. The number of benzene rings is 1. The molecule has 2 heterocycles. The number of hydrogen-bond donors (Lipinski definition) is 1. The number of rotatable bonds is 4. The van der Waals surface area contributed by atoms with Crippen LogP contribution in [-0.4, -0.2) is 48.2 Å². The lowest BCUT2D eigenvalue weighted by Gasteiger charge is -2.29. The molecule has 1 N–H and O–H groups in total. The van der Waals surface area contributed by atoms with Crippen LogP contribution in [0, 0.1) is 12.8 Å². The van der Waals surface area contributed by atoms with Crippen molar-refractivity contribution in [2.24, 2.45) is 5.92 Å². The summed E-state index contributed by atoms with van der Waals surface area (Å²) >= 11 is 0. The standard InChI is InChI=1S/C16H20N4O4S/c1-11-4-3-5-13(10-11)15-18-19-16(24-15)17-14(21)12-6-8-20(9-7-12)25(2,22)23/h3-5,10,12H,6-9H2,1-2H3,(H,17,19,21). The van der Waals surface area contributed by atoms with Gasteiger partial charge in [0.05, 0.1) is 6.26 Å². The molecule has 8 nitrogen and oxygen atoms in total. The van der Waals surface area contributed by atoms with Crippen molar-refractivity contribution >= 4 is 21.9 Å². The Morgan fingerprint density at radius 1 is 1.28 bits per heavy atom. The highest BCUT2D eigenvalue weighted by Crippen LogP contribution is 2.23. The van der Waals surface area contributed by atoms with Crippen LogP contribution >= 0.6 is 0 Å². The predicted octanol–water partition coefficient (Wildman–Crippen LogP) is 1.66. The zero-order valence-electron chi connectivity index (χ0n) is 14.1. The minimum absolute atomic E-state index is 0.0482. The fourth-order valence-corrected chi connectivity index (χ4v) is 3.70. The number of nitrogens with zero attached hydrogens (tertiary/aromatic N) is 3. The molecule has 0 bridgehead atoms. The van der Waals surface area contributed by atoms with Crippen LogP contribution in [0.25, 0.3) is 11.5 Å². The first kappa shape index (κ1) is 17.6. The second-order valence-electron chi connectivity index (χ2n) is 6.21. The fraction of sp³-hybridized carbons (Fsp3) is 0.438. The molecule has 3 rings (SSSR count). The molecular formula is C16H20N4O4S. The molecule has 25 heavy (non-hydrogen) atoms. The number of hydrogen-bond acceptors (Lipinski definition) is 6. The molecule has 9 heteroatoms. The van der Waals surface area contributed by atoms with Gasteiger partial charge in [0.15, 0.2) is 0 Å². The number of anilines is 1. The molecule has 0 aliphatic carbocycles. The van der Waals surface area contributed by atoms with E-state index in [9.17, 15) is 13.2 Å². The Balaban J connectivity index is 1.61. The molecule has 1 fully saturated rings. The lowest BCUT2D eigenvalue weighted by atomic mass is 9.97. The van der Waals surface area contributed by atoms with Crippen molar-refractivity contribution in [3.05, 3.63) is 29.8 Å². The Hall–Kier alpha value is -2.26. The number of aromatic nitrogens is 2. The van der Waals surface area contributed by atoms with Gasteiger partial charge in [0.25, 0.3) is 0 Å². The van der Waals surface area contributed by atoms with E-state index in [2.05, 4.69) is 15.5 Å². The van der Waals surface area contributed by atoms with Crippen molar-refractivity contribution in [3.63, 3.8) is 0 Å². The molecular weight excluding hydrogens is 344 g/mol. The molecule has 1 aromatic heterocycles. The fourth-order valence-electron chi connectivity index (χ4n) is 2.83. The van der Waals surface area contributed by atoms with Gasteiger partial charge in [-0.1, -0.05) is 22.8 Å². The van der Waals surface area contributed by atoms with Gasteiger partial charge in [-0.3, -0.25) is 10.1 Å². The lowest BCUT2D eigenvalue weighted by molar-refractivity contribution is -0.121. The van der Waals surface area contributed by atoms with Gasteiger partial charge in [-0.2, -0.15) is 0 Å². The van der Waals surface area contributed by atoms with Gasteiger partial charge in [-0.05, 0) is 31.9 Å². The molecule has 0 spiro atoms. The topological polar surface area (TPSA) is 105 Å². The third-order valence-corrected chi connectivity index (χ3v) is 5.52. The maximum atomic E-state index is 12.3. The Labute approximate surface area is 146 Å². The Kier molecular flexibility index (Phi) is 4.87. The Bertz CT molecular complexity index is 870. The number of nitrogens with one attached hydrogen (secondary N) is 1. The summed E-state index contributed by atoms with van der Waals surface area (Å²) in [5.74, 6) is -0.161. The molecule has 1 amide bonds. The van der Waals surface area contributed by atoms with E-state index in [0.717, 1.165) is 11.1 Å². The smallest absolute Gasteiger partial charge is 0.322 e. The zero-order chi connectivity index (χ0) is 18.0. The minimum Gasteiger partial charge on any atom is -0.403 e. The quantitative estimate of drug-likeness (QED) is 0.884. The molecule has 0 unspecified atom stereocenters. The average molecular weight is 364 g/mol. The van der Waals surface area contributed by atoms with Crippen LogP contribution in [0.4, 0.5) is 6.01 Å². The summed E-state index contributed by atoms with van der Waals surface area (Å²) in [6.07, 6.45) is 2.12. The van der Waals surface area contributed by atoms with E-state index < -0.39 is 10.0 Å². The third kappa shape index (κ3) is 4.23. The van der Waals surface area contributed by atoms with E-state index in [-0.39, 0.29) is 17.8 Å². The maximum Gasteiger partial charge on any atom is 0.322 e.